The van der Waals surface area contributed by atoms with Crippen molar-refractivity contribution in [2.75, 3.05) is 0 Å². The van der Waals surface area contributed by atoms with Gasteiger partial charge in [0, 0.05) is 24.2 Å². The van der Waals surface area contributed by atoms with E-state index in [0.29, 0.717) is 6.54 Å². The molecule has 0 radical (unpaired) electrons. The molecule has 2 N–H and O–H groups in total. The van der Waals surface area contributed by atoms with Gasteiger partial charge in [-0.05, 0) is 29.1 Å². The lowest BCUT2D eigenvalue weighted by Crippen LogP contribution is -2.27. The molecule has 1 amide bonds. The minimum atomic E-state index is 0.0380. The van der Waals surface area contributed by atoms with Crippen LogP contribution in [0.5, 0.6) is 0 Å². The van der Waals surface area contributed by atoms with Gasteiger partial charge >= 0.3 is 0 Å². The Labute approximate surface area is 94.9 Å². The predicted molar refractivity (Wildman–Crippen MR) is 65.0 cm³/mol. The zero-order chi connectivity index (χ0) is 11.5. The fourth-order valence-electron chi connectivity index (χ4n) is 1.61. The molecule has 2 rings (SSSR count). The number of carbonyl (C=O) groups excluding carboxylic acids is 1. The standard InChI is InChI=1S/C13H16N2O/c1-9(2)13(16)15-8-10-3-4-12-11(7-10)5-6-14-12/h3-7,9,14H,8H2,1-2H3,(H,15,16). The molecular formula is C13H16N2O. The number of H-pyrrole nitrogens is 1. The van der Waals surface area contributed by atoms with Crippen molar-refractivity contribution in [1.29, 1.82) is 0 Å². The minimum Gasteiger partial charge on any atom is -0.361 e. The Morgan fingerprint density at radius 2 is 2.19 bits per heavy atom. The molecule has 3 nitrogen and oxygen atoms in total. The molecule has 3 heteroatoms. The van der Waals surface area contributed by atoms with E-state index in [1.165, 1.54) is 5.39 Å². The topological polar surface area (TPSA) is 44.9 Å². The lowest BCUT2D eigenvalue weighted by Gasteiger charge is -2.07. The second-order valence-corrected chi connectivity index (χ2v) is 4.27. The average molecular weight is 216 g/mol. The zero-order valence-electron chi connectivity index (χ0n) is 9.58. The Bertz CT molecular complexity index is 499. The zero-order valence-corrected chi connectivity index (χ0v) is 9.58. The third-order valence-corrected chi connectivity index (χ3v) is 2.61. The number of amides is 1. The van der Waals surface area contributed by atoms with E-state index < -0.39 is 0 Å². The molecule has 1 aromatic carbocycles. The van der Waals surface area contributed by atoms with E-state index in [1.54, 1.807) is 0 Å². The first-order valence-corrected chi connectivity index (χ1v) is 5.50. The van der Waals surface area contributed by atoms with Crippen molar-refractivity contribution < 1.29 is 4.79 Å². The molecule has 0 unspecified atom stereocenters. The number of aromatic amines is 1. The Morgan fingerprint density at radius 3 is 2.94 bits per heavy atom. The monoisotopic (exact) mass is 216 g/mol. The van der Waals surface area contributed by atoms with Crippen LogP contribution in [0.15, 0.2) is 30.5 Å². The van der Waals surface area contributed by atoms with Crippen molar-refractivity contribution in [1.82, 2.24) is 10.3 Å². The van der Waals surface area contributed by atoms with Crippen molar-refractivity contribution in [3.05, 3.63) is 36.0 Å². The Hall–Kier alpha value is -1.77. The van der Waals surface area contributed by atoms with E-state index in [0.717, 1.165) is 11.1 Å². The fourth-order valence-corrected chi connectivity index (χ4v) is 1.61. The van der Waals surface area contributed by atoms with Gasteiger partial charge in [0.15, 0.2) is 0 Å². The van der Waals surface area contributed by atoms with Crippen LogP contribution >= 0.6 is 0 Å². The molecule has 0 aliphatic carbocycles. The molecule has 1 heterocycles. The Kier molecular flexibility index (Phi) is 2.95. The van der Waals surface area contributed by atoms with Crippen LogP contribution in [0.25, 0.3) is 10.9 Å². The molecule has 0 saturated heterocycles. The van der Waals surface area contributed by atoms with Crippen LogP contribution in [0.3, 0.4) is 0 Å². The molecule has 0 atom stereocenters. The van der Waals surface area contributed by atoms with Gasteiger partial charge < -0.3 is 10.3 Å². The molecule has 0 spiro atoms. The summed E-state index contributed by atoms with van der Waals surface area (Å²) in [5, 5.41) is 4.08. The molecule has 0 aliphatic heterocycles. The highest BCUT2D eigenvalue weighted by molar-refractivity contribution is 5.80. The van der Waals surface area contributed by atoms with Crippen molar-refractivity contribution in [3.63, 3.8) is 0 Å². The van der Waals surface area contributed by atoms with Crippen molar-refractivity contribution in [2.24, 2.45) is 5.92 Å². The van der Waals surface area contributed by atoms with Gasteiger partial charge in [-0.2, -0.15) is 0 Å². The van der Waals surface area contributed by atoms with Gasteiger partial charge in [0.1, 0.15) is 0 Å². The van der Waals surface area contributed by atoms with Crippen molar-refractivity contribution >= 4 is 16.8 Å². The molecule has 1 aromatic heterocycles. The lowest BCUT2D eigenvalue weighted by molar-refractivity contribution is -0.124. The highest BCUT2D eigenvalue weighted by Gasteiger charge is 2.05. The maximum atomic E-state index is 11.4. The van der Waals surface area contributed by atoms with Crippen LogP contribution in [0.4, 0.5) is 0 Å². The first kappa shape index (κ1) is 10.7. The third-order valence-electron chi connectivity index (χ3n) is 2.61. The van der Waals surface area contributed by atoms with Gasteiger partial charge in [-0.25, -0.2) is 0 Å². The minimum absolute atomic E-state index is 0.0380. The quantitative estimate of drug-likeness (QED) is 0.813. The maximum absolute atomic E-state index is 11.4. The van der Waals surface area contributed by atoms with E-state index in [2.05, 4.69) is 16.4 Å². The molecule has 84 valence electrons. The molecular weight excluding hydrogens is 200 g/mol. The third kappa shape index (κ3) is 2.24. The van der Waals surface area contributed by atoms with Gasteiger partial charge in [-0.15, -0.1) is 0 Å². The predicted octanol–water partition coefficient (Wildman–Crippen LogP) is 2.44. The smallest absolute Gasteiger partial charge is 0.222 e. The summed E-state index contributed by atoms with van der Waals surface area (Å²) in [6, 6.07) is 8.18. The number of rotatable bonds is 3. The first-order chi connectivity index (χ1) is 7.66. The second-order valence-electron chi connectivity index (χ2n) is 4.27. The van der Waals surface area contributed by atoms with Crippen LogP contribution in [0.2, 0.25) is 0 Å². The van der Waals surface area contributed by atoms with Gasteiger partial charge in [0.05, 0.1) is 0 Å². The van der Waals surface area contributed by atoms with E-state index in [1.807, 2.05) is 38.2 Å². The van der Waals surface area contributed by atoms with E-state index >= 15 is 0 Å². The van der Waals surface area contributed by atoms with Gasteiger partial charge in [0.25, 0.3) is 0 Å². The summed E-state index contributed by atoms with van der Waals surface area (Å²) >= 11 is 0. The number of nitrogens with one attached hydrogen (secondary N) is 2. The largest absolute Gasteiger partial charge is 0.361 e. The normalized spacial score (nSPS) is 10.9. The van der Waals surface area contributed by atoms with E-state index in [-0.39, 0.29) is 11.8 Å². The molecule has 0 saturated carbocycles. The SMILES string of the molecule is CC(C)C(=O)NCc1ccc2[nH]ccc2c1. The van der Waals surface area contributed by atoms with Gasteiger partial charge in [-0.1, -0.05) is 19.9 Å². The summed E-state index contributed by atoms with van der Waals surface area (Å²) < 4.78 is 0. The highest BCUT2D eigenvalue weighted by atomic mass is 16.1. The summed E-state index contributed by atoms with van der Waals surface area (Å²) in [6.07, 6.45) is 1.92. The lowest BCUT2D eigenvalue weighted by atomic mass is 10.1. The van der Waals surface area contributed by atoms with E-state index in [9.17, 15) is 4.79 Å². The van der Waals surface area contributed by atoms with Gasteiger partial charge in [-0.3, -0.25) is 4.79 Å². The molecule has 0 aliphatic rings. The molecule has 2 aromatic rings. The van der Waals surface area contributed by atoms with E-state index in [4.69, 9.17) is 0 Å². The summed E-state index contributed by atoms with van der Waals surface area (Å²) in [7, 11) is 0. The van der Waals surface area contributed by atoms with Crippen LogP contribution in [-0.4, -0.2) is 10.9 Å². The fraction of sp³-hybridized carbons (Fsp3) is 0.308. The number of carbonyl (C=O) groups is 1. The summed E-state index contributed by atoms with van der Waals surface area (Å²) in [5.41, 5.74) is 2.25. The number of benzene rings is 1. The average Bonchev–Trinajstić information content (AvgIpc) is 2.72. The summed E-state index contributed by atoms with van der Waals surface area (Å²) in [6.45, 7) is 4.38. The Morgan fingerprint density at radius 1 is 1.38 bits per heavy atom. The van der Waals surface area contributed by atoms with Crippen LogP contribution in [0.1, 0.15) is 19.4 Å². The van der Waals surface area contributed by atoms with Gasteiger partial charge in [0.2, 0.25) is 5.91 Å². The van der Waals surface area contributed by atoms with Crippen LogP contribution in [-0.2, 0) is 11.3 Å². The first-order valence-electron chi connectivity index (χ1n) is 5.50. The molecule has 16 heavy (non-hydrogen) atoms. The van der Waals surface area contributed by atoms with Crippen molar-refractivity contribution in [2.45, 2.75) is 20.4 Å². The second kappa shape index (κ2) is 4.39. The Balaban J connectivity index is 2.06. The number of aromatic nitrogens is 1. The highest BCUT2D eigenvalue weighted by Crippen LogP contribution is 2.14. The summed E-state index contributed by atoms with van der Waals surface area (Å²) in [4.78, 5) is 14.6. The van der Waals surface area contributed by atoms with Crippen molar-refractivity contribution in [3.8, 4) is 0 Å². The summed E-state index contributed by atoms with van der Waals surface area (Å²) in [5.74, 6) is 0.130. The molecule has 0 bridgehead atoms. The number of hydrogen-bond donors (Lipinski definition) is 2. The molecule has 0 fully saturated rings. The van der Waals surface area contributed by atoms with Crippen LogP contribution in [0, 0.1) is 5.92 Å². The van der Waals surface area contributed by atoms with Crippen LogP contribution < -0.4 is 5.32 Å². The maximum Gasteiger partial charge on any atom is 0.222 e. The number of hydrogen-bond acceptors (Lipinski definition) is 1. The number of fused-ring (bicyclic) bond motifs is 1.